The second kappa shape index (κ2) is 12.5. The van der Waals surface area contributed by atoms with Gasteiger partial charge in [0.15, 0.2) is 5.69 Å². The summed E-state index contributed by atoms with van der Waals surface area (Å²) in [4.78, 5) is 22.5. The fourth-order valence-corrected chi connectivity index (χ4v) is 6.69. The molecule has 6 rings (SSSR count). The van der Waals surface area contributed by atoms with Gasteiger partial charge in [0.2, 0.25) is 5.91 Å². The molecule has 0 bridgehead atoms. The number of nitrogens with one attached hydrogen (secondary N) is 1. The van der Waals surface area contributed by atoms with E-state index in [9.17, 15) is 17.8 Å². The Kier molecular flexibility index (Phi) is 8.37. The van der Waals surface area contributed by atoms with Gasteiger partial charge in [-0.05, 0) is 73.5 Å². The van der Waals surface area contributed by atoms with Gasteiger partial charge >= 0.3 is 0 Å². The number of hydrogen-bond donors (Lipinski definition) is 2. The third-order valence-electron chi connectivity index (χ3n) is 8.11. The van der Waals surface area contributed by atoms with Crippen LogP contribution in [0.15, 0.2) is 108 Å². The predicted molar refractivity (Wildman–Crippen MR) is 163 cm³/mol. The summed E-state index contributed by atoms with van der Waals surface area (Å²) in [6.07, 6.45) is 15.7. The maximum absolute atomic E-state index is 13.5. The van der Waals surface area contributed by atoms with Crippen molar-refractivity contribution in [2.24, 2.45) is 0 Å². The maximum atomic E-state index is 13.5. The summed E-state index contributed by atoms with van der Waals surface area (Å²) in [5, 5.41) is 7.62. The van der Waals surface area contributed by atoms with E-state index in [-0.39, 0.29) is 29.4 Å². The van der Waals surface area contributed by atoms with Crippen molar-refractivity contribution in [2.45, 2.75) is 55.8 Å². The van der Waals surface area contributed by atoms with Crippen molar-refractivity contribution in [2.75, 3.05) is 11.9 Å². The molecule has 1 amide bonds. The Labute approximate surface area is 251 Å². The third kappa shape index (κ3) is 6.53. The summed E-state index contributed by atoms with van der Waals surface area (Å²) >= 11 is 0. The number of benzene rings is 1. The monoisotopic (exact) mass is 598 g/mol. The predicted octanol–water partition coefficient (Wildman–Crippen LogP) is 4.47. The molecule has 3 aromatic rings. The fraction of sp³-hybridized carbons (Fsp3) is 0.281. The molecule has 0 saturated heterocycles. The van der Waals surface area contributed by atoms with Gasteiger partial charge in [0, 0.05) is 18.4 Å². The maximum Gasteiger partial charge on any atom is 0.294 e. The third-order valence-corrected chi connectivity index (χ3v) is 8.98. The van der Waals surface area contributed by atoms with Crippen molar-refractivity contribution in [1.82, 2.24) is 14.8 Å². The summed E-state index contributed by atoms with van der Waals surface area (Å²) in [6, 6.07) is 17.7. The summed E-state index contributed by atoms with van der Waals surface area (Å²) in [6.45, 7) is 1.38. The van der Waals surface area contributed by atoms with Crippen LogP contribution in [0.25, 0.3) is 11.1 Å². The van der Waals surface area contributed by atoms with E-state index in [0.29, 0.717) is 12.2 Å². The van der Waals surface area contributed by atoms with Crippen LogP contribution in [0.4, 0.5) is 5.69 Å². The number of allylic oxidation sites excluding steroid dienone is 3. The van der Waals surface area contributed by atoms with E-state index in [1.807, 2.05) is 48.7 Å². The minimum absolute atomic E-state index is 0.0667. The molecule has 2 aliphatic heterocycles. The molecule has 222 valence electrons. The Balaban J connectivity index is 1.29. The molecule has 1 aromatic carbocycles. The Bertz CT molecular complexity index is 1670. The zero-order chi connectivity index (χ0) is 29.8. The first-order chi connectivity index (χ1) is 20.9. The SMILES string of the molecule is O=C(CN(Cc1ccccn1)C1CCCC[C@@H]1N1Cc2cccc[n+]2C1=C1C=CC=C[N-]1)Nc1ccc(S(=O)(=O)O)cc1. The van der Waals surface area contributed by atoms with Crippen LogP contribution in [0.2, 0.25) is 0 Å². The van der Waals surface area contributed by atoms with Crippen molar-refractivity contribution in [1.29, 1.82) is 0 Å². The molecular weight excluding hydrogens is 564 g/mol. The van der Waals surface area contributed by atoms with Crippen molar-refractivity contribution in [3.05, 3.63) is 120 Å². The molecule has 2 atom stereocenters. The first-order valence-electron chi connectivity index (χ1n) is 14.4. The van der Waals surface area contributed by atoms with E-state index < -0.39 is 10.1 Å². The van der Waals surface area contributed by atoms with Gasteiger partial charge in [-0.2, -0.15) is 14.6 Å². The molecule has 4 heterocycles. The van der Waals surface area contributed by atoms with Crippen LogP contribution >= 0.6 is 0 Å². The van der Waals surface area contributed by atoms with Crippen molar-refractivity contribution < 1.29 is 22.3 Å². The van der Waals surface area contributed by atoms with Gasteiger partial charge in [-0.3, -0.25) is 24.1 Å². The van der Waals surface area contributed by atoms with Crippen LogP contribution in [0.1, 0.15) is 37.1 Å². The molecule has 3 aliphatic rings. The van der Waals surface area contributed by atoms with E-state index >= 15 is 0 Å². The van der Waals surface area contributed by atoms with Crippen LogP contribution in [0, 0.1) is 0 Å². The van der Waals surface area contributed by atoms with Crippen molar-refractivity contribution >= 4 is 27.5 Å². The van der Waals surface area contributed by atoms with E-state index in [4.69, 9.17) is 5.32 Å². The molecule has 2 N–H and O–H groups in total. The number of fused-ring (bicyclic) bond motifs is 1. The van der Waals surface area contributed by atoms with Gasteiger partial charge in [0.05, 0.1) is 29.4 Å². The molecule has 1 unspecified atom stereocenters. The number of nitrogens with zero attached hydrogens (tertiary/aromatic N) is 5. The van der Waals surface area contributed by atoms with Gasteiger partial charge in [0.25, 0.3) is 15.9 Å². The van der Waals surface area contributed by atoms with Crippen LogP contribution in [0.3, 0.4) is 0 Å². The van der Waals surface area contributed by atoms with Gasteiger partial charge in [-0.15, -0.1) is 0 Å². The molecular formula is C32H34N6O4S. The highest BCUT2D eigenvalue weighted by atomic mass is 32.2. The van der Waals surface area contributed by atoms with Gasteiger partial charge in [0.1, 0.15) is 12.6 Å². The zero-order valence-corrected chi connectivity index (χ0v) is 24.5. The van der Waals surface area contributed by atoms with Crippen LogP contribution < -0.4 is 9.88 Å². The van der Waals surface area contributed by atoms with E-state index in [1.54, 1.807) is 6.20 Å². The number of carbonyl (C=O) groups excluding carboxylic acids is 1. The second-order valence-electron chi connectivity index (χ2n) is 10.9. The molecule has 11 heteroatoms. The highest BCUT2D eigenvalue weighted by molar-refractivity contribution is 7.85. The molecule has 1 fully saturated rings. The van der Waals surface area contributed by atoms with Crippen LogP contribution in [0.5, 0.6) is 0 Å². The number of rotatable bonds is 8. The Morgan fingerprint density at radius 1 is 1.07 bits per heavy atom. The lowest BCUT2D eigenvalue weighted by molar-refractivity contribution is -0.586. The van der Waals surface area contributed by atoms with Crippen molar-refractivity contribution in [3.8, 4) is 0 Å². The summed E-state index contributed by atoms with van der Waals surface area (Å²) in [5.41, 5.74) is 3.43. The summed E-state index contributed by atoms with van der Waals surface area (Å²) < 4.78 is 34.4. The lowest BCUT2D eigenvalue weighted by atomic mass is 9.87. The largest absolute Gasteiger partial charge is 0.657 e. The minimum atomic E-state index is -4.32. The van der Waals surface area contributed by atoms with Gasteiger partial charge < -0.3 is 10.6 Å². The summed E-state index contributed by atoms with van der Waals surface area (Å²) in [7, 11) is -4.32. The zero-order valence-electron chi connectivity index (χ0n) is 23.7. The Morgan fingerprint density at radius 2 is 1.88 bits per heavy atom. The number of pyridine rings is 2. The number of anilines is 1. The second-order valence-corrected chi connectivity index (χ2v) is 12.3. The lowest BCUT2D eigenvalue weighted by Gasteiger charge is -2.41. The molecule has 1 saturated carbocycles. The smallest absolute Gasteiger partial charge is 0.294 e. The van der Waals surface area contributed by atoms with Crippen molar-refractivity contribution in [3.63, 3.8) is 0 Å². The Hall–Kier alpha value is -4.32. The van der Waals surface area contributed by atoms with Gasteiger partial charge in [-0.25, -0.2) is 4.57 Å². The van der Waals surface area contributed by atoms with Crippen LogP contribution in [-0.2, 0) is 28.0 Å². The quantitative estimate of drug-likeness (QED) is 0.290. The topological polar surface area (TPSA) is 121 Å². The fourth-order valence-electron chi connectivity index (χ4n) is 6.21. The summed E-state index contributed by atoms with van der Waals surface area (Å²) in [5.74, 6) is 0.835. The average Bonchev–Trinajstić information content (AvgIpc) is 3.41. The molecule has 0 radical (unpaired) electrons. The molecule has 43 heavy (non-hydrogen) atoms. The van der Waals surface area contributed by atoms with E-state index in [2.05, 4.69) is 43.0 Å². The highest BCUT2D eigenvalue weighted by Crippen LogP contribution is 2.36. The molecule has 0 spiro atoms. The van der Waals surface area contributed by atoms with Crippen LogP contribution in [-0.4, -0.2) is 52.3 Å². The van der Waals surface area contributed by atoms with Gasteiger partial charge in [-0.1, -0.05) is 36.8 Å². The molecule has 10 nitrogen and oxygen atoms in total. The Morgan fingerprint density at radius 3 is 2.63 bits per heavy atom. The lowest BCUT2D eigenvalue weighted by Crippen LogP contribution is -2.54. The number of aromatic nitrogens is 2. The molecule has 2 aromatic heterocycles. The normalized spacial score (nSPS) is 21.5. The average molecular weight is 599 g/mol. The molecule has 1 aliphatic carbocycles. The van der Waals surface area contributed by atoms with E-state index in [1.165, 1.54) is 30.0 Å². The number of amides is 1. The first-order valence-corrected chi connectivity index (χ1v) is 15.9. The number of hydrogen-bond acceptors (Lipinski definition) is 6. The highest BCUT2D eigenvalue weighted by Gasteiger charge is 2.44. The minimum Gasteiger partial charge on any atom is -0.657 e. The number of carbonyl (C=O) groups is 1. The standard InChI is InChI=1S/C32H34N6O4S/c39-31(35-24-14-16-27(17-15-24)43(40,41)42)23-36(21-25-9-3-6-18-33-25)29-12-1-2-13-30(29)38-22-26-10-5-8-20-37(26)32(38)28-11-4-7-19-34-28/h3-11,14-20,29-30H,1-2,12-13,21-23H2,(H,35,39)(H,40,41,42)/t29?,30-/m0/s1. The van der Waals surface area contributed by atoms with E-state index in [0.717, 1.165) is 49.4 Å². The first kappa shape index (κ1) is 28.8.